The van der Waals surface area contributed by atoms with Gasteiger partial charge in [0.25, 0.3) is 0 Å². The van der Waals surface area contributed by atoms with Gasteiger partial charge in [0.05, 0.1) is 6.61 Å². The Kier molecular flexibility index (Phi) is 5.65. The highest BCUT2D eigenvalue weighted by molar-refractivity contribution is 5.30. The monoisotopic (exact) mass is 258 g/mol. The third kappa shape index (κ3) is 3.94. The van der Waals surface area contributed by atoms with Crippen molar-refractivity contribution in [3.63, 3.8) is 0 Å². The molecule has 1 aliphatic carbocycles. The minimum absolute atomic E-state index is 0.693. The molecule has 0 aromatic heterocycles. The summed E-state index contributed by atoms with van der Waals surface area (Å²) in [6.07, 6.45) is 8.24. The van der Waals surface area contributed by atoms with Gasteiger partial charge in [0.15, 0.2) is 0 Å². The van der Waals surface area contributed by atoms with Gasteiger partial charge in [-0.3, -0.25) is 0 Å². The molecular weight excluding hydrogens is 232 g/mol. The maximum absolute atomic E-state index is 5.59. The van der Waals surface area contributed by atoms with Crippen LogP contribution in [-0.2, 0) is 11.2 Å². The van der Waals surface area contributed by atoms with Gasteiger partial charge in [0, 0.05) is 6.61 Å². The molecule has 1 aliphatic rings. The second-order valence-electron chi connectivity index (χ2n) is 5.60. The Balaban J connectivity index is 1.87. The van der Waals surface area contributed by atoms with Crippen molar-refractivity contribution in [2.24, 2.45) is 5.92 Å². The van der Waals surface area contributed by atoms with Crippen LogP contribution in [0.4, 0.5) is 0 Å². The zero-order chi connectivity index (χ0) is 13.5. The van der Waals surface area contributed by atoms with Crippen molar-refractivity contribution in [1.82, 2.24) is 0 Å². The van der Waals surface area contributed by atoms with Gasteiger partial charge >= 0.3 is 0 Å². The summed E-state index contributed by atoms with van der Waals surface area (Å²) < 4.78 is 5.59. The summed E-state index contributed by atoms with van der Waals surface area (Å²) in [4.78, 5) is 0. The van der Waals surface area contributed by atoms with Gasteiger partial charge in [-0.2, -0.15) is 0 Å². The van der Waals surface area contributed by atoms with E-state index in [9.17, 15) is 0 Å². The lowest BCUT2D eigenvalue weighted by molar-refractivity contribution is 0.102. The summed E-state index contributed by atoms with van der Waals surface area (Å²) in [6, 6.07) is 8.97. The fraction of sp³-hybridized carbons (Fsp3) is 0.556. The first-order valence-electron chi connectivity index (χ1n) is 7.61. The van der Waals surface area contributed by atoms with E-state index in [0.717, 1.165) is 24.9 Å². The number of hydrogen-bond acceptors (Lipinski definition) is 1. The molecule has 0 spiro atoms. The molecule has 0 heterocycles. The van der Waals surface area contributed by atoms with Gasteiger partial charge in [-0.15, -0.1) is 6.58 Å². The van der Waals surface area contributed by atoms with Gasteiger partial charge in [0.2, 0.25) is 0 Å². The second kappa shape index (κ2) is 7.49. The summed E-state index contributed by atoms with van der Waals surface area (Å²) in [5.74, 6) is 1.52. The zero-order valence-corrected chi connectivity index (χ0v) is 12.1. The number of aryl methyl sites for hydroxylation is 1. The van der Waals surface area contributed by atoms with Gasteiger partial charge < -0.3 is 4.74 Å². The van der Waals surface area contributed by atoms with Crippen molar-refractivity contribution >= 4 is 0 Å². The lowest BCUT2D eigenvalue weighted by atomic mass is 9.77. The minimum Gasteiger partial charge on any atom is -0.377 e. The highest BCUT2D eigenvalue weighted by Crippen LogP contribution is 2.37. The fourth-order valence-corrected chi connectivity index (χ4v) is 3.21. The van der Waals surface area contributed by atoms with Crippen molar-refractivity contribution in [3.05, 3.63) is 48.0 Å². The Hall–Kier alpha value is -1.08. The molecular formula is C18H26O. The zero-order valence-electron chi connectivity index (χ0n) is 12.1. The molecule has 19 heavy (non-hydrogen) atoms. The van der Waals surface area contributed by atoms with Crippen molar-refractivity contribution in [2.75, 3.05) is 13.2 Å². The number of benzene rings is 1. The molecule has 1 aromatic carbocycles. The summed E-state index contributed by atoms with van der Waals surface area (Å²) >= 11 is 0. The first-order chi connectivity index (χ1) is 9.35. The molecule has 0 atom stereocenters. The third-order valence-electron chi connectivity index (χ3n) is 4.31. The Morgan fingerprint density at radius 2 is 1.95 bits per heavy atom. The van der Waals surface area contributed by atoms with Crippen LogP contribution >= 0.6 is 0 Å². The van der Waals surface area contributed by atoms with Crippen LogP contribution in [0.15, 0.2) is 36.9 Å². The highest BCUT2D eigenvalue weighted by Gasteiger charge is 2.23. The first kappa shape index (κ1) is 14.3. The molecule has 0 saturated heterocycles. The number of rotatable bonds is 6. The van der Waals surface area contributed by atoms with Crippen LogP contribution < -0.4 is 0 Å². The average molecular weight is 258 g/mol. The molecule has 2 rings (SSSR count). The molecule has 0 bridgehead atoms. The van der Waals surface area contributed by atoms with Crippen LogP contribution in [0.25, 0.3) is 0 Å². The Labute approximate surface area is 117 Å². The average Bonchev–Trinajstić information content (AvgIpc) is 2.48. The number of hydrogen-bond donors (Lipinski definition) is 0. The van der Waals surface area contributed by atoms with Crippen LogP contribution in [0.5, 0.6) is 0 Å². The van der Waals surface area contributed by atoms with Gasteiger partial charge in [-0.1, -0.05) is 37.3 Å². The van der Waals surface area contributed by atoms with Crippen molar-refractivity contribution in [3.8, 4) is 0 Å². The van der Waals surface area contributed by atoms with E-state index in [1.165, 1.54) is 31.2 Å². The van der Waals surface area contributed by atoms with Crippen LogP contribution in [0.3, 0.4) is 0 Å². The molecule has 0 N–H and O–H groups in total. The van der Waals surface area contributed by atoms with Crippen molar-refractivity contribution < 1.29 is 4.74 Å². The SMILES string of the molecule is C=CCOCC1CCC(c2ccccc2CC)CC1. The second-order valence-corrected chi connectivity index (χ2v) is 5.60. The molecule has 0 radical (unpaired) electrons. The summed E-state index contributed by atoms with van der Waals surface area (Å²) in [5.41, 5.74) is 3.13. The van der Waals surface area contributed by atoms with Gasteiger partial charge in [0.1, 0.15) is 0 Å². The molecule has 1 saturated carbocycles. The molecule has 104 valence electrons. The van der Waals surface area contributed by atoms with Crippen LogP contribution in [0.2, 0.25) is 0 Å². The van der Waals surface area contributed by atoms with Gasteiger partial charge in [-0.25, -0.2) is 0 Å². The van der Waals surface area contributed by atoms with Crippen LogP contribution in [0, 0.1) is 5.92 Å². The molecule has 0 unspecified atom stereocenters. The topological polar surface area (TPSA) is 9.23 Å². The normalized spacial score (nSPS) is 23.2. The Morgan fingerprint density at radius 1 is 1.21 bits per heavy atom. The smallest absolute Gasteiger partial charge is 0.0644 e. The molecule has 1 fully saturated rings. The largest absolute Gasteiger partial charge is 0.377 e. The lowest BCUT2D eigenvalue weighted by Crippen LogP contribution is -2.18. The van der Waals surface area contributed by atoms with E-state index in [1.54, 1.807) is 5.56 Å². The standard InChI is InChI=1S/C18H26O/c1-3-13-19-14-15-9-11-17(12-10-15)18-8-6-5-7-16(18)4-2/h3,5-8,15,17H,1,4,9-14H2,2H3. The van der Waals surface area contributed by atoms with E-state index in [2.05, 4.69) is 37.8 Å². The summed E-state index contributed by atoms with van der Waals surface area (Å²) in [6.45, 7) is 7.55. The van der Waals surface area contributed by atoms with E-state index in [4.69, 9.17) is 4.74 Å². The van der Waals surface area contributed by atoms with Crippen LogP contribution in [0.1, 0.15) is 49.7 Å². The van der Waals surface area contributed by atoms with Crippen molar-refractivity contribution in [1.29, 1.82) is 0 Å². The summed E-state index contributed by atoms with van der Waals surface area (Å²) in [5, 5.41) is 0. The fourth-order valence-electron chi connectivity index (χ4n) is 3.21. The number of ether oxygens (including phenoxy) is 1. The molecule has 0 amide bonds. The summed E-state index contributed by atoms with van der Waals surface area (Å²) in [7, 11) is 0. The predicted molar refractivity (Wildman–Crippen MR) is 81.5 cm³/mol. The van der Waals surface area contributed by atoms with Gasteiger partial charge in [-0.05, 0) is 55.1 Å². The maximum atomic E-state index is 5.59. The van der Waals surface area contributed by atoms with E-state index in [1.807, 2.05) is 6.08 Å². The molecule has 0 aliphatic heterocycles. The molecule has 1 heteroatoms. The third-order valence-corrected chi connectivity index (χ3v) is 4.31. The van der Waals surface area contributed by atoms with Crippen LogP contribution in [-0.4, -0.2) is 13.2 Å². The van der Waals surface area contributed by atoms with E-state index >= 15 is 0 Å². The highest BCUT2D eigenvalue weighted by atomic mass is 16.5. The lowest BCUT2D eigenvalue weighted by Gasteiger charge is -2.29. The van der Waals surface area contributed by atoms with E-state index in [0.29, 0.717) is 6.61 Å². The maximum Gasteiger partial charge on any atom is 0.0644 e. The molecule has 1 aromatic rings. The Bertz CT molecular complexity index is 388. The predicted octanol–water partition coefficient (Wildman–Crippen LogP) is 4.73. The van der Waals surface area contributed by atoms with Crippen molar-refractivity contribution in [2.45, 2.75) is 44.9 Å². The van der Waals surface area contributed by atoms with E-state index in [-0.39, 0.29) is 0 Å². The quantitative estimate of drug-likeness (QED) is 0.529. The first-order valence-corrected chi connectivity index (χ1v) is 7.61. The van der Waals surface area contributed by atoms with E-state index < -0.39 is 0 Å². The Morgan fingerprint density at radius 3 is 2.63 bits per heavy atom. The minimum atomic E-state index is 0.693. The molecule has 1 nitrogen and oxygen atoms in total.